The lowest BCUT2D eigenvalue weighted by molar-refractivity contribution is -0.143. The first-order chi connectivity index (χ1) is 13.3. The van der Waals surface area contributed by atoms with E-state index in [4.69, 9.17) is 0 Å². The molecule has 0 saturated carbocycles. The van der Waals surface area contributed by atoms with Crippen molar-refractivity contribution in [3.8, 4) is 0 Å². The molecule has 7 nitrogen and oxygen atoms in total. The van der Waals surface area contributed by atoms with Crippen molar-refractivity contribution in [3.05, 3.63) is 53.3 Å². The van der Waals surface area contributed by atoms with Gasteiger partial charge in [0, 0.05) is 38.9 Å². The van der Waals surface area contributed by atoms with Gasteiger partial charge in [-0.25, -0.2) is 0 Å². The topological polar surface area (TPSA) is 70.5 Å². The number of hydrogen-bond donors (Lipinski definition) is 1. The summed E-state index contributed by atoms with van der Waals surface area (Å²) in [5.41, 5.74) is 3.40. The number of nitrogens with one attached hydrogen (secondary N) is 1. The Hall–Kier alpha value is -2.67. The molecule has 2 amide bonds. The average molecular weight is 383 g/mol. The lowest BCUT2D eigenvalue weighted by atomic mass is 10.0. The smallest absolute Gasteiger partial charge is 0.241 e. The zero-order valence-electron chi connectivity index (χ0n) is 17.1. The Kier molecular flexibility index (Phi) is 6.14. The van der Waals surface area contributed by atoms with Crippen LogP contribution in [0.15, 0.2) is 36.7 Å². The normalized spacial score (nSPS) is 20.4. The van der Waals surface area contributed by atoms with E-state index in [-0.39, 0.29) is 30.4 Å². The van der Waals surface area contributed by atoms with Crippen molar-refractivity contribution < 1.29 is 9.59 Å². The summed E-state index contributed by atoms with van der Waals surface area (Å²) in [6.45, 7) is 7.92. The summed E-state index contributed by atoms with van der Waals surface area (Å²) in [5, 5.41) is 7.17. The van der Waals surface area contributed by atoms with Crippen LogP contribution in [0.2, 0.25) is 0 Å². The SMILES string of the molecule is Cc1cccc(CN2[C@H](CNC(=O)Cn3cc(C)cn3)CN(C)C(=O)[C@@H]2C)c1. The van der Waals surface area contributed by atoms with E-state index >= 15 is 0 Å². The van der Waals surface area contributed by atoms with Crippen molar-refractivity contribution in [1.29, 1.82) is 0 Å². The molecule has 28 heavy (non-hydrogen) atoms. The number of amides is 2. The van der Waals surface area contributed by atoms with E-state index in [1.54, 1.807) is 15.8 Å². The first kappa shape index (κ1) is 20.1. The number of carbonyl (C=O) groups is 2. The predicted octanol–water partition coefficient (Wildman–Crippen LogP) is 1.35. The number of rotatable bonds is 6. The number of likely N-dealkylation sites (N-methyl/N-ethyl adjacent to an activating group) is 1. The van der Waals surface area contributed by atoms with E-state index < -0.39 is 0 Å². The van der Waals surface area contributed by atoms with Gasteiger partial charge in [0.25, 0.3) is 0 Å². The van der Waals surface area contributed by atoms with Crippen LogP contribution >= 0.6 is 0 Å². The molecule has 0 radical (unpaired) electrons. The molecule has 1 N–H and O–H groups in total. The Balaban J connectivity index is 1.66. The molecule has 0 unspecified atom stereocenters. The summed E-state index contributed by atoms with van der Waals surface area (Å²) in [6.07, 6.45) is 3.58. The summed E-state index contributed by atoms with van der Waals surface area (Å²) in [5.74, 6) is 0.0352. The van der Waals surface area contributed by atoms with Crippen molar-refractivity contribution in [2.45, 2.75) is 45.9 Å². The minimum atomic E-state index is -0.227. The monoisotopic (exact) mass is 383 g/mol. The lowest BCUT2D eigenvalue weighted by Gasteiger charge is -2.44. The zero-order chi connectivity index (χ0) is 20.3. The maximum Gasteiger partial charge on any atom is 0.241 e. The maximum atomic E-state index is 12.5. The van der Waals surface area contributed by atoms with Crippen molar-refractivity contribution in [1.82, 2.24) is 24.9 Å². The molecule has 1 saturated heterocycles. The summed E-state index contributed by atoms with van der Waals surface area (Å²) in [4.78, 5) is 28.8. The van der Waals surface area contributed by atoms with Crippen LogP contribution in [0.25, 0.3) is 0 Å². The van der Waals surface area contributed by atoms with Crippen molar-refractivity contribution in [2.75, 3.05) is 20.1 Å². The van der Waals surface area contributed by atoms with Crippen LogP contribution in [0.1, 0.15) is 23.6 Å². The number of hydrogen-bond acceptors (Lipinski definition) is 4. The fourth-order valence-electron chi connectivity index (χ4n) is 3.75. The summed E-state index contributed by atoms with van der Waals surface area (Å²) >= 11 is 0. The number of benzene rings is 1. The van der Waals surface area contributed by atoms with Gasteiger partial charge in [-0.15, -0.1) is 0 Å². The van der Waals surface area contributed by atoms with Crippen LogP contribution in [0.4, 0.5) is 0 Å². The van der Waals surface area contributed by atoms with Crippen LogP contribution in [-0.2, 0) is 22.7 Å². The molecule has 2 atom stereocenters. The lowest BCUT2D eigenvalue weighted by Crippen LogP contribution is -2.62. The molecule has 7 heteroatoms. The highest BCUT2D eigenvalue weighted by atomic mass is 16.2. The van der Waals surface area contributed by atoms with E-state index in [0.717, 1.165) is 5.56 Å². The molecule has 150 valence electrons. The van der Waals surface area contributed by atoms with Crippen molar-refractivity contribution >= 4 is 11.8 Å². The molecular formula is C21H29N5O2. The van der Waals surface area contributed by atoms with Gasteiger partial charge in [0.2, 0.25) is 11.8 Å². The van der Waals surface area contributed by atoms with Crippen LogP contribution in [0.3, 0.4) is 0 Å². The summed E-state index contributed by atoms with van der Waals surface area (Å²) in [7, 11) is 1.82. The second-order valence-corrected chi connectivity index (χ2v) is 7.73. The van der Waals surface area contributed by atoms with Gasteiger partial charge in [0.15, 0.2) is 0 Å². The van der Waals surface area contributed by atoms with Gasteiger partial charge < -0.3 is 10.2 Å². The van der Waals surface area contributed by atoms with E-state index in [0.29, 0.717) is 19.6 Å². The van der Waals surface area contributed by atoms with Crippen molar-refractivity contribution in [2.24, 2.45) is 0 Å². The second-order valence-electron chi connectivity index (χ2n) is 7.73. The van der Waals surface area contributed by atoms with Gasteiger partial charge in [0.1, 0.15) is 6.54 Å². The Bertz CT molecular complexity index is 847. The van der Waals surface area contributed by atoms with E-state index in [1.807, 2.05) is 33.2 Å². The molecule has 1 aromatic heterocycles. The molecule has 1 aromatic carbocycles. The number of nitrogens with zero attached hydrogens (tertiary/aromatic N) is 4. The Morgan fingerprint density at radius 2 is 2.07 bits per heavy atom. The highest BCUT2D eigenvalue weighted by molar-refractivity contribution is 5.82. The number of aromatic nitrogens is 2. The second kappa shape index (κ2) is 8.56. The molecule has 0 bridgehead atoms. The third kappa shape index (κ3) is 4.78. The predicted molar refractivity (Wildman–Crippen MR) is 108 cm³/mol. The van der Waals surface area contributed by atoms with Gasteiger partial charge in [-0.05, 0) is 31.9 Å². The molecular weight excluding hydrogens is 354 g/mol. The Labute approximate surface area is 166 Å². The maximum absolute atomic E-state index is 12.5. The van der Waals surface area contributed by atoms with Crippen LogP contribution in [-0.4, -0.2) is 63.6 Å². The first-order valence-electron chi connectivity index (χ1n) is 9.65. The highest BCUT2D eigenvalue weighted by Gasteiger charge is 2.36. The molecule has 1 aliphatic heterocycles. The number of piperazine rings is 1. The number of carbonyl (C=O) groups excluding carboxylic acids is 2. The molecule has 2 heterocycles. The summed E-state index contributed by atoms with van der Waals surface area (Å²) < 4.78 is 1.63. The third-order valence-corrected chi connectivity index (χ3v) is 5.24. The standard InChI is InChI=1S/C21H29N5O2/c1-15-6-5-7-18(8-15)12-26-17(3)21(28)24(4)13-19(26)10-22-20(27)14-25-11-16(2)9-23-25/h5-9,11,17,19H,10,12-14H2,1-4H3,(H,22,27)/t17-,19+/m0/s1. The van der Waals surface area contributed by atoms with Gasteiger partial charge in [-0.2, -0.15) is 5.10 Å². The molecule has 1 fully saturated rings. The van der Waals surface area contributed by atoms with Gasteiger partial charge in [-0.3, -0.25) is 19.2 Å². The Morgan fingerprint density at radius 1 is 1.29 bits per heavy atom. The highest BCUT2D eigenvalue weighted by Crippen LogP contribution is 2.19. The summed E-state index contributed by atoms with van der Waals surface area (Å²) in [6, 6.07) is 8.16. The van der Waals surface area contributed by atoms with Gasteiger partial charge in [0.05, 0.1) is 12.2 Å². The molecule has 3 rings (SSSR count). The van der Waals surface area contributed by atoms with E-state index in [1.165, 1.54) is 11.1 Å². The minimum Gasteiger partial charge on any atom is -0.353 e. The molecule has 0 aliphatic carbocycles. The Morgan fingerprint density at radius 3 is 2.75 bits per heavy atom. The zero-order valence-corrected chi connectivity index (χ0v) is 17.1. The molecule has 1 aliphatic rings. The van der Waals surface area contributed by atoms with Crippen LogP contribution in [0, 0.1) is 13.8 Å². The number of aryl methyl sites for hydroxylation is 2. The minimum absolute atomic E-state index is 0.0570. The van der Waals surface area contributed by atoms with Crippen LogP contribution < -0.4 is 5.32 Å². The fraction of sp³-hybridized carbons (Fsp3) is 0.476. The van der Waals surface area contributed by atoms with E-state index in [9.17, 15) is 9.59 Å². The van der Waals surface area contributed by atoms with Gasteiger partial charge in [-0.1, -0.05) is 29.8 Å². The van der Waals surface area contributed by atoms with E-state index in [2.05, 4.69) is 40.4 Å². The van der Waals surface area contributed by atoms with Crippen LogP contribution in [0.5, 0.6) is 0 Å². The van der Waals surface area contributed by atoms with Crippen molar-refractivity contribution in [3.63, 3.8) is 0 Å². The fourth-order valence-corrected chi connectivity index (χ4v) is 3.75. The largest absolute Gasteiger partial charge is 0.353 e. The average Bonchev–Trinajstić information content (AvgIpc) is 3.05. The van der Waals surface area contributed by atoms with Gasteiger partial charge >= 0.3 is 0 Å². The molecule has 0 spiro atoms. The third-order valence-electron chi connectivity index (χ3n) is 5.24. The quantitative estimate of drug-likeness (QED) is 0.817. The first-order valence-corrected chi connectivity index (χ1v) is 9.65. The molecule has 2 aromatic rings.